The van der Waals surface area contributed by atoms with Gasteiger partial charge in [0.2, 0.25) is 0 Å². The molecule has 30 heavy (non-hydrogen) atoms. The summed E-state index contributed by atoms with van der Waals surface area (Å²) in [7, 11) is 2.11. The zero-order valence-corrected chi connectivity index (χ0v) is 18.0. The van der Waals surface area contributed by atoms with Crippen LogP contribution >= 0.6 is 0 Å². The van der Waals surface area contributed by atoms with Gasteiger partial charge in [-0.3, -0.25) is 0 Å². The van der Waals surface area contributed by atoms with Crippen LogP contribution in [0.15, 0.2) is 28.9 Å². The molecule has 1 fully saturated rings. The summed E-state index contributed by atoms with van der Waals surface area (Å²) in [5, 5.41) is 21.1. The van der Waals surface area contributed by atoms with Crippen LogP contribution in [0.4, 0.5) is 5.69 Å². The maximum Gasteiger partial charge on any atom is 0.278 e. The van der Waals surface area contributed by atoms with Crippen LogP contribution in [0.5, 0.6) is 5.88 Å². The molecule has 1 saturated carbocycles. The van der Waals surface area contributed by atoms with Gasteiger partial charge in [-0.1, -0.05) is 42.6 Å². The van der Waals surface area contributed by atoms with Gasteiger partial charge in [0.05, 0.1) is 19.3 Å². The standard InChI is InChI=1S/C22H34N4O4/c1-17-22(25-30-24-17)29-13-12-23-21-11-7-6-8-18(21)15-28-16-20(27)14-26(2)19-9-4-3-5-10-19/h6-8,11,19-20,23,27H,3-5,9-10,12-16H2,1-2H3. The zero-order valence-electron chi connectivity index (χ0n) is 18.0. The second-order valence-corrected chi connectivity index (χ2v) is 7.99. The highest BCUT2D eigenvalue weighted by molar-refractivity contribution is 5.50. The number of aromatic nitrogens is 2. The van der Waals surface area contributed by atoms with Crippen LogP contribution in [-0.2, 0) is 11.3 Å². The second-order valence-electron chi connectivity index (χ2n) is 7.99. The molecule has 1 unspecified atom stereocenters. The van der Waals surface area contributed by atoms with Crippen molar-refractivity contribution in [1.29, 1.82) is 0 Å². The maximum atomic E-state index is 10.4. The normalized spacial score (nSPS) is 16.0. The van der Waals surface area contributed by atoms with E-state index in [1.54, 1.807) is 6.92 Å². The number of rotatable bonds is 12. The van der Waals surface area contributed by atoms with Gasteiger partial charge >= 0.3 is 0 Å². The fraction of sp³-hybridized carbons (Fsp3) is 0.636. The van der Waals surface area contributed by atoms with Gasteiger partial charge in [0.25, 0.3) is 5.88 Å². The van der Waals surface area contributed by atoms with Crippen molar-refractivity contribution in [2.45, 2.75) is 57.8 Å². The fourth-order valence-electron chi connectivity index (χ4n) is 3.87. The lowest BCUT2D eigenvalue weighted by molar-refractivity contribution is 0.00501. The molecule has 0 radical (unpaired) electrons. The lowest BCUT2D eigenvalue weighted by Crippen LogP contribution is -2.40. The first-order chi connectivity index (χ1) is 14.6. The van der Waals surface area contributed by atoms with E-state index in [2.05, 4.69) is 32.2 Å². The van der Waals surface area contributed by atoms with E-state index < -0.39 is 6.10 Å². The van der Waals surface area contributed by atoms with E-state index >= 15 is 0 Å². The number of nitrogens with zero attached hydrogens (tertiary/aromatic N) is 3. The van der Waals surface area contributed by atoms with Crippen molar-refractivity contribution >= 4 is 5.69 Å². The van der Waals surface area contributed by atoms with Gasteiger partial charge in [-0.2, -0.15) is 0 Å². The van der Waals surface area contributed by atoms with Gasteiger partial charge in [0.15, 0.2) is 0 Å². The van der Waals surface area contributed by atoms with Crippen LogP contribution in [0.2, 0.25) is 0 Å². The Morgan fingerprint density at radius 2 is 2.03 bits per heavy atom. The fourth-order valence-corrected chi connectivity index (χ4v) is 3.87. The van der Waals surface area contributed by atoms with E-state index in [0.29, 0.717) is 50.5 Å². The molecule has 1 aromatic heterocycles. The average Bonchev–Trinajstić information content (AvgIpc) is 3.17. The number of aliphatic hydroxyl groups is 1. The number of likely N-dealkylation sites (N-methyl/N-ethyl adjacent to an activating group) is 1. The SMILES string of the molecule is Cc1nonc1OCCNc1ccccc1COCC(O)CN(C)C1CCCCC1. The predicted octanol–water partition coefficient (Wildman–Crippen LogP) is 3.01. The number of para-hydroxylation sites is 1. The summed E-state index contributed by atoms with van der Waals surface area (Å²) < 4.78 is 16.0. The maximum absolute atomic E-state index is 10.4. The van der Waals surface area contributed by atoms with Crippen LogP contribution in [-0.4, -0.2) is 65.8 Å². The number of anilines is 1. The topological polar surface area (TPSA) is 92.9 Å². The van der Waals surface area contributed by atoms with Crippen LogP contribution in [0.25, 0.3) is 0 Å². The van der Waals surface area contributed by atoms with Crippen LogP contribution in [0, 0.1) is 6.92 Å². The Bertz CT molecular complexity index is 748. The minimum atomic E-state index is -0.482. The van der Waals surface area contributed by atoms with Crippen LogP contribution in [0.3, 0.4) is 0 Å². The summed E-state index contributed by atoms with van der Waals surface area (Å²) in [5.41, 5.74) is 2.67. The lowest BCUT2D eigenvalue weighted by Gasteiger charge is -2.32. The summed E-state index contributed by atoms with van der Waals surface area (Å²) in [4.78, 5) is 2.29. The lowest BCUT2D eigenvalue weighted by atomic mass is 9.94. The molecule has 1 aliphatic rings. The molecule has 1 aliphatic carbocycles. The molecule has 0 amide bonds. The number of hydrogen-bond donors (Lipinski definition) is 2. The summed E-state index contributed by atoms with van der Waals surface area (Å²) >= 11 is 0. The van der Waals surface area contributed by atoms with Gasteiger partial charge in [-0.05, 0) is 38.0 Å². The van der Waals surface area contributed by atoms with Gasteiger partial charge in [-0.15, -0.1) is 0 Å². The molecular formula is C22H34N4O4. The molecule has 2 aromatic rings. The molecule has 166 valence electrons. The molecule has 0 spiro atoms. The Kier molecular flexibility index (Phi) is 8.92. The molecule has 0 saturated heterocycles. The van der Waals surface area contributed by atoms with Crippen molar-refractivity contribution in [3.63, 3.8) is 0 Å². The van der Waals surface area contributed by atoms with Crippen molar-refractivity contribution in [3.05, 3.63) is 35.5 Å². The average molecular weight is 419 g/mol. The summed E-state index contributed by atoms with van der Waals surface area (Å²) in [5.74, 6) is 0.417. The van der Waals surface area contributed by atoms with E-state index in [9.17, 15) is 5.11 Å². The molecule has 3 rings (SSSR count). The van der Waals surface area contributed by atoms with Crippen molar-refractivity contribution < 1.29 is 19.2 Å². The zero-order chi connectivity index (χ0) is 21.2. The molecule has 0 bridgehead atoms. The van der Waals surface area contributed by atoms with Gasteiger partial charge in [0, 0.05) is 30.4 Å². The Hall–Kier alpha value is -2.16. The summed E-state index contributed by atoms with van der Waals surface area (Å²) in [6.07, 6.45) is 5.92. The van der Waals surface area contributed by atoms with Crippen molar-refractivity contribution in [3.8, 4) is 5.88 Å². The van der Waals surface area contributed by atoms with Crippen LogP contribution < -0.4 is 10.1 Å². The molecule has 8 nitrogen and oxygen atoms in total. The molecule has 1 atom stereocenters. The highest BCUT2D eigenvalue weighted by Gasteiger charge is 2.20. The molecule has 2 N–H and O–H groups in total. The van der Waals surface area contributed by atoms with E-state index in [4.69, 9.17) is 9.47 Å². The monoisotopic (exact) mass is 418 g/mol. The Labute approximate surface area is 178 Å². The highest BCUT2D eigenvalue weighted by atomic mass is 16.6. The van der Waals surface area contributed by atoms with Crippen LogP contribution in [0.1, 0.15) is 43.4 Å². The first kappa shape index (κ1) is 22.5. The predicted molar refractivity (Wildman–Crippen MR) is 115 cm³/mol. The van der Waals surface area contributed by atoms with Crippen molar-refractivity contribution in [2.75, 3.05) is 38.7 Å². The Balaban J connectivity index is 1.37. The number of ether oxygens (including phenoxy) is 2. The number of hydrogen-bond acceptors (Lipinski definition) is 8. The number of nitrogens with one attached hydrogen (secondary N) is 1. The van der Waals surface area contributed by atoms with Crippen molar-refractivity contribution in [1.82, 2.24) is 15.2 Å². The van der Waals surface area contributed by atoms with Gasteiger partial charge in [0.1, 0.15) is 12.3 Å². The number of benzene rings is 1. The first-order valence-electron chi connectivity index (χ1n) is 10.8. The molecular weight excluding hydrogens is 384 g/mol. The third kappa shape index (κ3) is 6.97. The van der Waals surface area contributed by atoms with Gasteiger partial charge in [-0.25, -0.2) is 4.63 Å². The minimum Gasteiger partial charge on any atom is -0.472 e. The molecule has 0 aliphatic heterocycles. The molecule has 1 aromatic carbocycles. The molecule has 1 heterocycles. The Morgan fingerprint density at radius 1 is 1.23 bits per heavy atom. The minimum absolute atomic E-state index is 0.326. The largest absolute Gasteiger partial charge is 0.472 e. The second kappa shape index (κ2) is 11.9. The number of aliphatic hydroxyl groups excluding tert-OH is 1. The van der Waals surface area contributed by atoms with E-state index in [-0.39, 0.29) is 0 Å². The third-order valence-corrected chi connectivity index (χ3v) is 5.55. The highest BCUT2D eigenvalue weighted by Crippen LogP contribution is 2.22. The summed E-state index contributed by atoms with van der Waals surface area (Å²) in [6.45, 7) is 4.26. The van der Waals surface area contributed by atoms with Crippen molar-refractivity contribution in [2.24, 2.45) is 0 Å². The molecule has 8 heteroatoms. The smallest absolute Gasteiger partial charge is 0.278 e. The first-order valence-corrected chi connectivity index (χ1v) is 10.8. The quantitative estimate of drug-likeness (QED) is 0.508. The number of aryl methyl sites for hydroxylation is 1. The Morgan fingerprint density at radius 3 is 2.80 bits per heavy atom. The van der Waals surface area contributed by atoms with Gasteiger partial charge < -0.3 is 24.8 Å². The van der Waals surface area contributed by atoms with E-state index in [0.717, 1.165) is 11.3 Å². The van der Waals surface area contributed by atoms with E-state index in [1.165, 1.54) is 32.1 Å². The summed E-state index contributed by atoms with van der Waals surface area (Å²) in [6, 6.07) is 8.59. The third-order valence-electron chi connectivity index (χ3n) is 5.55. The van der Waals surface area contributed by atoms with E-state index in [1.807, 2.05) is 24.3 Å².